The predicted octanol–water partition coefficient (Wildman–Crippen LogP) is 3.63. The van der Waals surface area contributed by atoms with Crippen LogP contribution in [0.25, 0.3) is 10.9 Å². The fourth-order valence-corrected chi connectivity index (χ4v) is 5.49. The molecule has 2 amide bonds. The average Bonchev–Trinajstić information content (AvgIpc) is 3.46. The number of piperidine rings is 1. The Bertz CT molecular complexity index is 1290. The van der Waals surface area contributed by atoms with Gasteiger partial charge in [0.1, 0.15) is 28.7 Å². The van der Waals surface area contributed by atoms with E-state index in [9.17, 15) is 14.4 Å². The number of rotatable bonds is 5. The molecule has 10 heteroatoms. The second-order valence-corrected chi connectivity index (χ2v) is 9.46. The van der Waals surface area contributed by atoms with E-state index in [4.69, 9.17) is 5.73 Å². The molecule has 0 radical (unpaired) electrons. The van der Waals surface area contributed by atoms with Crippen LogP contribution in [0.5, 0.6) is 0 Å². The Labute approximate surface area is 205 Å². The molecule has 1 aliphatic heterocycles. The molecule has 0 spiro atoms. The van der Waals surface area contributed by atoms with Crippen LogP contribution < -0.4 is 11.1 Å². The molecule has 34 heavy (non-hydrogen) atoms. The fraction of sp³-hybridized carbons (Fsp3) is 0.375. The number of nitrogens with one attached hydrogen (secondary N) is 1. The highest BCUT2D eigenvalue weighted by molar-refractivity contribution is 9.10. The first-order valence-electron chi connectivity index (χ1n) is 10.8. The van der Waals surface area contributed by atoms with E-state index < -0.39 is 6.04 Å². The zero-order chi connectivity index (χ0) is 23.3. The minimum Gasteiger partial charge on any atom is -0.399 e. The molecule has 2 fully saturated rings. The van der Waals surface area contributed by atoms with E-state index in [0.29, 0.717) is 27.0 Å². The summed E-state index contributed by atoms with van der Waals surface area (Å²) < 4.78 is 2.15. The van der Waals surface area contributed by atoms with E-state index in [1.54, 1.807) is 41.3 Å². The van der Waals surface area contributed by atoms with E-state index in [2.05, 4.69) is 31.3 Å². The van der Waals surface area contributed by atoms with Crippen molar-refractivity contribution in [2.45, 2.75) is 52.2 Å². The van der Waals surface area contributed by atoms with Crippen LogP contribution in [0.4, 0.5) is 11.5 Å². The monoisotopic (exact) mass is 526 g/mol. The van der Waals surface area contributed by atoms with Gasteiger partial charge in [0.2, 0.25) is 11.8 Å². The Hall–Kier alpha value is -3.27. The second kappa shape index (κ2) is 9.17. The van der Waals surface area contributed by atoms with Gasteiger partial charge in [0.05, 0.1) is 5.52 Å². The zero-order valence-electron chi connectivity index (χ0n) is 18.0. The summed E-state index contributed by atoms with van der Waals surface area (Å²) in [7, 11) is 0. The standard InChI is InChI=1S/C23H23BrN6O3.CH4/c1-12(31)21-16-10-14(25)6-8-17(16)29(28-21)11-20(32)30-15-7-5-13(9-15)22(30)23(33)27-19-4-2-3-18(24)26-19;/h2-4,6,8,10,13,15,22H,5,7,9,11,25H2,1H3,(H,26,27,33);1H4. The van der Waals surface area contributed by atoms with Gasteiger partial charge in [-0.15, -0.1) is 0 Å². The van der Waals surface area contributed by atoms with Gasteiger partial charge in [-0.05, 0) is 71.4 Å². The lowest BCUT2D eigenvalue weighted by atomic mass is 9.97. The Kier molecular flexibility index (Phi) is 6.44. The number of aromatic nitrogens is 3. The van der Waals surface area contributed by atoms with Gasteiger partial charge in [-0.2, -0.15) is 5.10 Å². The topological polar surface area (TPSA) is 123 Å². The summed E-state index contributed by atoms with van der Waals surface area (Å²) in [5.41, 5.74) is 7.35. The number of carbonyl (C=O) groups is 3. The predicted molar refractivity (Wildman–Crippen MR) is 133 cm³/mol. The van der Waals surface area contributed by atoms with Crippen LogP contribution in [-0.4, -0.2) is 49.3 Å². The maximum absolute atomic E-state index is 13.5. The summed E-state index contributed by atoms with van der Waals surface area (Å²) >= 11 is 3.31. The first kappa shape index (κ1) is 23.9. The number of benzene rings is 1. The minimum absolute atomic E-state index is 0. The van der Waals surface area contributed by atoms with Crippen molar-refractivity contribution in [2.24, 2.45) is 5.92 Å². The van der Waals surface area contributed by atoms with Crippen molar-refractivity contribution in [2.75, 3.05) is 11.1 Å². The lowest BCUT2D eigenvalue weighted by molar-refractivity contribution is -0.141. The largest absolute Gasteiger partial charge is 0.399 e. The SMILES string of the molecule is C.CC(=O)c1nn(CC(=O)N2C3CCC(C3)C2C(=O)Nc2cccc(Br)n2)c2ccc(N)cc12. The van der Waals surface area contributed by atoms with Gasteiger partial charge in [-0.25, -0.2) is 4.98 Å². The van der Waals surface area contributed by atoms with Gasteiger partial charge in [0.25, 0.3) is 0 Å². The highest BCUT2D eigenvalue weighted by atomic mass is 79.9. The summed E-state index contributed by atoms with van der Waals surface area (Å²) in [6, 6.07) is 9.93. The van der Waals surface area contributed by atoms with Gasteiger partial charge in [-0.3, -0.25) is 19.1 Å². The summed E-state index contributed by atoms with van der Waals surface area (Å²) in [5.74, 6) is -0.0697. The van der Waals surface area contributed by atoms with Crippen molar-refractivity contribution in [1.82, 2.24) is 19.7 Å². The summed E-state index contributed by atoms with van der Waals surface area (Å²) in [6.45, 7) is 1.38. The fourth-order valence-electron chi connectivity index (χ4n) is 5.15. The number of hydrogen-bond donors (Lipinski definition) is 2. The number of likely N-dealkylation sites (tertiary alicyclic amines) is 1. The van der Waals surface area contributed by atoms with Gasteiger partial charge in [0.15, 0.2) is 5.78 Å². The third kappa shape index (κ3) is 4.18. The van der Waals surface area contributed by atoms with Crippen molar-refractivity contribution in [3.63, 3.8) is 0 Å². The molecule has 1 saturated heterocycles. The number of carbonyl (C=O) groups excluding carboxylic acids is 3. The number of nitrogens with zero attached hydrogens (tertiary/aromatic N) is 4. The molecular weight excluding hydrogens is 500 g/mol. The average molecular weight is 527 g/mol. The van der Waals surface area contributed by atoms with E-state index in [1.807, 2.05) is 0 Å². The van der Waals surface area contributed by atoms with Crippen LogP contribution in [0.1, 0.15) is 44.1 Å². The van der Waals surface area contributed by atoms with Crippen LogP contribution in [0.2, 0.25) is 0 Å². The summed E-state index contributed by atoms with van der Waals surface area (Å²) in [4.78, 5) is 44.7. The molecule has 3 unspecified atom stereocenters. The van der Waals surface area contributed by atoms with E-state index >= 15 is 0 Å². The number of hydrogen-bond acceptors (Lipinski definition) is 6. The van der Waals surface area contributed by atoms with Crippen LogP contribution in [0.15, 0.2) is 41.0 Å². The van der Waals surface area contributed by atoms with Crippen molar-refractivity contribution in [3.8, 4) is 0 Å². The molecule has 1 aliphatic carbocycles. The lowest BCUT2D eigenvalue weighted by Gasteiger charge is -2.34. The number of anilines is 2. The number of nitrogen functional groups attached to an aromatic ring is 1. The Morgan fingerprint density at radius 3 is 2.74 bits per heavy atom. The molecule has 2 aromatic heterocycles. The van der Waals surface area contributed by atoms with Gasteiger partial charge < -0.3 is 16.0 Å². The minimum atomic E-state index is -0.554. The Morgan fingerprint density at radius 2 is 2.00 bits per heavy atom. The molecule has 1 aromatic carbocycles. The van der Waals surface area contributed by atoms with Gasteiger partial charge in [-0.1, -0.05) is 13.5 Å². The Morgan fingerprint density at radius 1 is 1.21 bits per heavy atom. The summed E-state index contributed by atoms with van der Waals surface area (Å²) in [5, 5.41) is 7.88. The van der Waals surface area contributed by atoms with Crippen molar-refractivity contribution in [1.29, 1.82) is 0 Å². The zero-order valence-corrected chi connectivity index (χ0v) is 19.6. The molecular formula is C24H27BrN6O3. The quantitative estimate of drug-likeness (QED) is 0.297. The summed E-state index contributed by atoms with van der Waals surface area (Å²) in [6.07, 6.45) is 2.60. The Balaban J connectivity index is 0.00000274. The number of ketones is 1. The van der Waals surface area contributed by atoms with Crippen molar-refractivity contribution >= 4 is 55.9 Å². The van der Waals surface area contributed by atoms with E-state index in [1.165, 1.54) is 11.6 Å². The van der Waals surface area contributed by atoms with E-state index in [0.717, 1.165) is 19.3 Å². The highest BCUT2D eigenvalue weighted by Gasteiger charge is 2.51. The number of fused-ring (bicyclic) bond motifs is 3. The van der Waals surface area contributed by atoms with Crippen molar-refractivity contribution < 1.29 is 14.4 Å². The first-order valence-corrected chi connectivity index (χ1v) is 11.6. The van der Waals surface area contributed by atoms with Crippen LogP contribution >= 0.6 is 15.9 Å². The first-order chi connectivity index (χ1) is 15.8. The smallest absolute Gasteiger partial charge is 0.248 e. The third-order valence-electron chi connectivity index (χ3n) is 6.50. The molecule has 5 rings (SSSR count). The number of nitrogens with two attached hydrogens (primary N) is 1. The van der Waals surface area contributed by atoms with E-state index in [-0.39, 0.29) is 49.2 Å². The third-order valence-corrected chi connectivity index (χ3v) is 6.94. The molecule has 2 aliphatic rings. The molecule has 3 heterocycles. The highest BCUT2D eigenvalue weighted by Crippen LogP contribution is 2.43. The van der Waals surface area contributed by atoms with Gasteiger partial charge in [0, 0.05) is 24.0 Å². The number of amides is 2. The number of halogens is 1. The molecule has 3 aromatic rings. The normalized spacial score (nSPS) is 20.9. The van der Waals surface area contributed by atoms with Crippen LogP contribution in [-0.2, 0) is 16.1 Å². The van der Waals surface area contributed by atoms with Crippen LogP contribution in [0.3, 0.4) is 0 Å². The number of pyridine rings is 1. The lowest BCUT2D eigenvalue weighted by Crippen LogP contribution is -2.52. The van der Waals surface area contributed by atoms with Gasteiger partial charge >= 0.3 is 0 Å². The number of Topliss-reactive ketones (excluding diaryl/α,β-unsaturated/α-hetero) is 1. The second-order valence-electron chi connectivity index (χ2n) is 8.65. The molecule has 2 bridgehead atoms. The van der Waals surface area contributed by atoms with Crippen LogP contribution in [0, 0.1) is 5.92 Å². The maximum Gasteiger partial charge on any atom is 0.248 e. The maximum atomic E-state index is 13.5. The molecule has 3 N–H and O–H groups in total. The molecule has 9 nitrogen and oxygen atoms in total. The molecule has 1 saturated carbocycles. The molecule has 178 valence electrons. The van der Waals surface area contributed by atoms with Crippen molar-refractivity contribution in [3.05, 3.63) is 46.7 Å². The molecule has 3 atom stereocenters.